The van der Waals surface area contributed by atoms with Gasteiger partial charge in [-0.1, -0.05) is 12.1 Å². The lowest BCUT2D eigenvalue weighted by atomic mass is 10.1. The molecule has 0 unspecified atom stereocenters. The molecule has 2 N–H and O–H groups in total. The Balaban J connectivity index is 2.26. The number of phenolic OH excluding ortho intramolecular Hbond substituents is 1. The fourth-order valence-corrected chi connectivity index (χ4v) is 2.04. The SMILES string of the molecule is Cc1c(O)cccc1-c1nc2nccc(C)c2[nH]1. The first-order valence-electron chi connectivity index (χ1n) is 5.77. The Hall–Kier alpha value is -2.36. The summed E-state index contributed by atoms with van der Waals surface area (Å²) in [5, 5.41) is 9.73. The zero-order valence-corrected chi connectivity index (χ0v) is 10.2. The van der Waals surface area contributed by atoms with E-state index >= 15 is 0 Å². The van der Waals surface area contributed by atoms with Crippen molar-refractivity contribution in [3.63, 3.8) is 0 Å². The molecule has 90 valence electrons. The standard InChI is InChI=1S/C14H13N3O/c1-8-6-7-15-14-12(8)16-13(17-14)10-4-3-5-11(18)9(10)2/h3-7,18H,1-2H3,(H,15,16,17). The Morgan fingerprint density at radius 2 is 2.00 bits per heavy atom. The second-order valence-corrected chi connectivity index (χ2v) is 4.36. The summed E-state index contributed by atoms with van der Waals surface area (Å²) < 4.78 is 0. The maximum absolute atomic E-state index is 9.73. The van der Waals surface area contributed by atoms with Crippen molar-refractivity contribution in [2.75, 3.05) is 0 Å². The van der Waals surface area contributed by atoms with E-state index in [1.165, 1.54) is 0 Å². The third-order valence-corrected chi connectivity index (χ3v) is 3.16. The molecule has 3 rings (SSSR count). The van der Waals surface area contributed by atoms with Gasteiger partial charge in [0.05, 0.1) is 5.52 Å². The number of imidazole rings is 1. The summed E-state index contributed by atoms with van der Waals surface area (Å²) in [5.74, 6) is 1.01. The molecule has 0 spiro atoms. The highest BCUT2D eigenvalue weighted by Crippen LogP contribution is 2.28. The lowest BCUT2D eigenvalue weighted by Gasteiger charge is -2.03. The molecule has 0 saturated carbocycles. The van der Waals surface area contributed by atoms with Crippen LogP contribution in [0, 0.1) is 13.8 Å². The van der Waals surface area contributed by atoms with Gasteiger partial charge in [0.15, 0.2) is 5.65 Å². The summed E-state index contributed by atoms with van der Waals surface area (Å²) >= 11 is 0. The topological polar surface area (TPSA) is 61.8 Å². The Bertz CT molecular complexity index is 731. The van der Waals surface area contributed by atoms with E-state index in [4.69, 9.17) is 0 Å². The second kappa shape index (κ2) is 3.84. The largest absolute Gasteiger partial charge is 0.508 e. The number of aromatic nitrogens is 3. The number of aromatic amines is 1. The van der Waals surface area contributed by atoms with Gasteiger partial charge in [-0.15, -0.1) is 0 Å². The van der Waals surface area contributed by atoms with Crippen LogP contribution in [-0.2, 0) is 0 Å². The van der Waals surface area contributed by atoms with Gasteiger partial charge in [-0.2, -0.15) is 0 Å². The van der Waals surface area contributed by atoms with Crippen LogP contribution in [0.25, 0.3) is 22.6 Å². The molecule has 0 amide bonds. The molecule has 0 radical (unpaired) electrons. The molecule has 4 heteroatoms. The summed E-state index contributed by atoms with van der Waals surface area (Å²) in [5.41, 5.74) is 4.46. The summed E-state index contributed by atoms with van der Waals surface area (Å²) in [6.07, 6.45) is 1.75. The maximum atomic E-state index is 9.73. The molecule has 0 aliphatic rings. The van der Waals surface area contributed by atoms with Gasteiger partial charge in [0.1, 0.15) is 11.6 Å². The predicted molar refractivity (Wildman–Crippen MR) is 70.5 cm³/mol. The van der Waals surface area contributed by atoms with Gasteiger partial charge in [0, 0.05) is 17.3 Å². The molecule has 0 fully saturated rings. The molecule has 2 aromatic heterocycles. The van der Waals surface area contributed by atoms with Gasteiger partial charge in [0.25, 0.3) is 0 Å². The number of aryl methyl sites for hydroxylation is 1. The molecule has 0 saturated heterocycles. The molecule has 0 atom stereocenters. The highest BCUT2D eigenvalue weighted by molar-refractivity contribution is 5.79. The number of H-pyrrole nitrogens is 1. The van der Waals surface area contributed by atoms with Crippen LogP contribution in [0.4, 0.5) is 0 Å². The Morgan fingerprint density at radius 1 is 1.17 bits per heavy atom. The van der Waals surface area contributed by atoms with E-state index < -0.39 is 0 Å². The fourth-order valence-electron chi connectivity index (χ4n) is 2.04. The molecule has 18 heavy (non-hydrogen) atoms. The number of aromatic hydroxyl groups is 1. The molecule has 0 aliphatic carbocycles. The predicted octanol–water partition coefficient (Wildman–Crippen LogP) is 2.95. The number of pyridine rings is 1. The molecular formula is C14H13N3O. The molecule has 2 heterocycles. The maximum Gasteiger partial charge on any atom is 0.178 e. The van der Waals surface area contributed by atoms with Gasteiger partial charge in [-0.3, -0.25) is 0 Å². The summed E-state index contributed by atoms with van der Waals surface area (Å²) in [6.45, 7) is 3.89. The minimum absolute atomic E-state index is 0.276. The zero-order valence-electron chi connectivity index (χ0n) is 10.2. The number of benzene rings is 1. The molecule has 0 bridgehead atoms. The van der Waals surface area contributed by atoms with E-state index in [1.54, 1.807) is 12.3 Å². The van der Waals surface area contributed by atoms with Crippen molar-refractivity contribution in [1.82, 2.24) is 15.0 Å². The number of nitrogens with zero attached hydrogens (tertiary/aromatic N) is 2. The molecular weight excluding hydrogens is 226 g/mol. The summed E-state index contributed by atoms with van der Waals surface area (Å²) in [7, 11) is 0. The quantitative estimate of drug-likeness (QED) is 0.686. The molecule has 1 aromatic carbocycles. The summed E-state index contributed by atoms with van der Waals surface area (Å²) in [4.78, 5) is 12.0. The number of hydrogen-bond donors (Lipinski definition) is 2. The van der Waals surface area contributed by atoms with Crippen LogP contribution in [0.15, 0.2) is 30.5 Å². The summed E-state index contributed by atoms with van der Waals surface area (Å²) in [6, 6.07) is 7.36. The van der Waals surface area contributed by atoms with E-state index in [0.717, 1.165) is 28.0 Å². The van der Waals surface area contributed by atoms with Crippen LogP contribution in [-0.4, -0.2) is 20.1 Å². The molecule has 3 aromatic rings. The van der Waals surface area contributed by atoms with E-state index in [1.807, 2.05) is 32.0 Å². The van der Waals surface area contributed by atoms with Gasteiger partial charge >= 0.3 is 0 Å². The van der Waals surface area contributed by atoms with Crippen molar-refractivity contribution in [2.24, 2.45) is 0 Å². The normalized spacial score (nSPS) is 11.0. The highest BCUT2D eigenvalue weighted by atomic mass is 16.3. The van der Waals surface area contributed by atoms with Crippen LogP contribution in [0.1, 0.15) is 11.1 Å². The van der Waals surface area contributed by atoms with E-state index in [2.05, 4.69) is 15.0 Å². The second-order valence-electron chi connectivity index (χ2n) is 4.36. The minimum atomic E-state index is 0.276. The van der Waals surface area contributed by atoms with Crippen LogP contribution >= 0.6 is 0 Å². The monoisotopic (exact) mass is 239 g/mol. The fraction of sp³-hybridized carbons (Fsp3) is 0.143. The van der Waals surface area contributed by atoms with Gasteiger partial charge < -0.3 is 10.1 Å². The Labute approximate surface area is 104 Å². The van der Waals surface area contributed by atoms with Crippen molar-refractivity contribution in [3.05, 3.63) is 41.6 Å². The number of rotatable bonds is 1. The smallest absolute Gasteiger partial charge is 0.178 e. The van der Waals surface area contributed by atoms with E-state index in [9.17, 15) is 5.11 Å². The van der Waals surface area contributed by atoms with Crippen molar-refractivity contribution < 1.29 is 5.11 Å². The molecule has 4 nitrogen and oxygen atoms in total. The number of fused-ring (bicyclic) bond motifs is 1. The average molecular weight is 239 g/mol. The third-order valence-electron chi connectivity index (χ3n) is 3.16. The Morgan fingerprint density at radius 3 is 2.78 bits per heavy atom. The minimum Gasteiger partial charge on any atom is -0.508 e. The van der Waals surface area contributed by atoms with Crippen LogP contribution in [0.3, 0.4) is 0 Å². The van der Waals surface area contributed by atoms with Gasteiger partial charge in [0.2, 0.25) is 0 Å². The van der Waals surface area contributed by atoms with Crippen LogP contribution in [0.5, 0.6) is 5.75 Å². The van der Waals surface area contributed by atoms with Gasteiger partial charge in [-0.05, 0) is 31.5 Å². The first-order valence-corrected chi connectivity index (χ1v) is 5.77. The highest BCUT2D eigenvalue weighted by Gasteiger charge is 2.11. The number of nitrogens with one attached hydrogen (secondary N) is 1. The van der Waals surface area contributed by atoms with Crippen molar-refractivity contribution >= 4 is 11.2 Å². The van der Waals surface area contributed by atoms with E-state index in [0.29, 0.717) is 5.65 Å². The van der Waals surface area contributed by atoms with Crippen LogP contribution < -0.4 is 0 Å². The zero-order chi connectivity index (χ0) is 12.7. The number of hydrogen-bond acceptors (Lipinski definition) is 3. The number of phenols is 1. The Kier molecular flexibility index (Phi) is 2.30. The lowest BCUT2D eigenvalue weighted by Crippen LogP contribution is -1.85. The average Bonchev–Trinajstić information content (AvgIpc) is 2.78. The lowest BCUT2D eigenvalue weighted by molar-refractivity contribution is 0.471. The molecule has 0 aliphatic heterocycles. The van der Waals surface area contributed by atoms with Crippen molar-refractivity contribution in [1.29, 1.82) is 0 Å². The first-order chi connectivity index (χ1) is 8.66. The van der Waals surface area contributed by atoms with E-state index in [-0.39, 0.29) is 5.75 Å². The first kappa shape index (κ1) is 10.8. The van der Waals surface area contributed by atoms with Crippen molar-refractivity contribution in [3.8, 4) is 17.1 Å². The van der Waals surface area contributed by atoms with Crippen LogP contribution in [0.2, 0.25) is 0 Å². The van der Waals surface area contributed by atoms with Crippen molar-refractivity contribution in [2.45, 2.75) is 13.8 Å². The third kappa shape index (κ3) is 1.54. The van der Waals surface area contributed by atoms with Gasteiger partial charge in [-0.25, -0.2) is 9.97 Å².